The van der Waals surface area contributed by atoms with Crippen LogP contribution >= 0.6 is 0 Å². The van der Waals surface area contributed by atoms with E-state index in [-0.39, 0.29) is 28.6 Å². The predicted molar refractivity (Wildman–Crippen MR) is 111 cm³/mol. The number of benzene rings is 1. The molecule has 0 amide bonds. The molecule has 0 unspecified atom stereocenters. The van der Waals surface area contributed by atoms with Crippen LogP contribution in [0.25, 0.3) is 0 Å². The lowest BCUT2D eigenvalue weighted by atomic mass is 10.0. The summed E-state index contributed by atoms with van der Waals surface area (Å²) in [6, 6.07) is 2.53. The second-order valence-electron chi connectivity index (χ2n) is 7.09. The molecule has 0 bridgehead atoms. The highest BCUT2D eigenvalue weighted by molar-refractivity contribution is 6.01. The summed E-state index contributed by atoms with van der Waals surface area (Å²) < 4.78 is 5.10. The quantitative estimate of drug-likeness (QED) is 0.207. The van der Waals surface area contributed by atoms with Crippen molar-refractivity contribution in [1.29, 1.82) is 0 Å². The van der Waals surface area contributed by atoms with E-state index < -0.39 is 0 Å². The molecule has 27 heavy (non-hydrogen) atoms. The van der Waals surface area contributed by atoms with Gasteiger partial charge in [-0.15, -0.1) is 0 Å². The van der Waals surface area contributed by atoms with Crippen LogP contribution in [-0.4, -0.2) is 23.1 Å². The number of carbonyl (C=O) groups is 1. The third-order valence-corrected chi connectivity index (χ3v) is 4.71. The van der Waals surface area contributed by atoms with Crippen molar-refractivity contribution in [3.05, 3.63) is 29.8 Å². The molecule has 0 heterocycles. The highest BCUT2D eigenvalue weighted by Crippen LogP contribution is 2.34. The van der Waals surface area contributed by atoms with Gasteiger partial charge in [0.1, 0.15) is 22.8 Å². The molecular weight excluding hydrogens is 340 g/mol. The van der Waals surface area contributed by atoms with Crippen molar-refractivity contribution < 1.29 is 19.7 Å². The van der Waals surface area contributed by atoms with Crippen LogP contribution in [0.1, 0.15) is 94.3 Å². The summed E-state index contributed by atoms with van der Waals surface area (Å²) >= 11 is 0. The number of hydrogen-bond donors (Lipinski definition) is 2. The third-order valence-electron chi connectivity index (χ3n) is 4.71. The second-order valence-corrected chi connectivity index (χ2v) is 7.09. The maximum Gasteiger partial charge on any atom is 0.170 e. The van der Waals surface area contributed by atoms with Gasteiger partial charge in [-0.3, -0.25) is 4.79 Å². The Morgan fingerprint density at radius 2 is 1.52 bits per heavy atom. The number of aromatic hydroxyl groups is 2. The van der Waals surface area contributed by atoms with Crippen LogP contribution in [0, 0.1) is 0 Å². The van der Waals surface area contributed by atoms with Gasteiger partial charge in [-0.1, -0.05) is 64.0 Å². The van der Waals surface area contributed by atoms with Crippen molar-refractivity contribution in [3.63, 3.8) is 0 Å². The van der Waals surface area contributed by atoms with Crippen LogP contribution < -0.4 is 4.74 Å². The van der Waals surface area contributed by atoms with Gasteiger partial charge in [0.05, 0.1) is 7.11 Å². The van der Waals surface area contributed by atoms with Crippen LogP contribution in [0.3, 0.4) is 0 Å². The molecule has 0 aliphatic heterocycles. The molecule has 0 saturated heterocycles. The van der Waals surface area contributed by atoms with Crippen LogP contribution in [0.15, 0.2) is 24.3 Å². The van der Waals surface area contributed by atoms with Crippen LogP contribution in [0.2, 0.25) is 0 Å². The molecule has 0 saturated carbocycles. The molecule has 0 aliphatic carbocycles. The van der Waals surface area contributed by atoms with Gasteiger partial charge < -0.3 is 14.9 Å². The first-order valence-corrected chi connectivity index (χ1v) is 10.4. The Kier molecular flexibility index (Phi) is 12.1. The van der Waals surface area contributed by atoms with E-state index in [0.29, 0.717) is 6.42 Å². The number of ketones is 1. The lowest BCUT2D eigenvalue weighted by molar-refractivity contribution is 0.0973. The third kappa shape index (κ3) is 9.50. The zero-order valence-electron chi connectivity index (χ0n) is 17.0. The summed E-state index contributed by atoms with van der Waals surface area (Å²) in [5, 5.41) is 19.4. The molecule has 0 radical (unpaired) electrons. The highest BCUT2D eigenvalue weighted by Gasteiger charge is 2.18. The average molecular weight is 377 g/mol. The van der Waals surface area contributed by atoms with E-state index in [9.17, 15) is 15.0 Å². The fraction of sp³-hybridized carbons (Fsp3) is 0.609. The van der Waals surface area contributed by atoms with Crippen molar-refractivity contribution in [2.45, 2.75) is 84.0 Å². The van der Waals surface area contributed by atoms with Crippen LogP contribution in [0.5, 0.6) is 17.2 Å². The number of phenols is 2. The van der Waals surface area contributed by atoms with Crippen LogP contribution in [-0.2, 0) is 0 Å². The van der Waals surface area contributed by atoms with Gasteiger partial charge in [0.15, 0.2) is 5.78 Å². The molecule has 1 aromatic rings. The molecule has 1 rings (SSSR count). The fourth-order valence-electron chi connectivity index (χ4n) is 3.16. The van der Waals surface area contributed by atoms with E-state index in [1.54, 1.807) is 0 Å². The first-order valence-electron chi connectivity index (χ1n) is 10.4. The summed E-state index contributed by atoms with van der Waals surface area (Å²) in [5.41, 5.74) is 0.170. The van der Waals surface area contributed by atoms with E-state index >= 15 is 0 Å². The zero-order valence-corrected chi connectivity index (χ0v) is 17.0. The lowest BCUT2D eigenvalue weighted by Crippen LogP contribution is -2.03. The number of hydrogen-bond acceptors (Lipinski definition) is 4. The van der Waals surface area contributed by atoms with Crippen molar-refractivity contribution >= 4 is 5.78 Å². The van der Waals surface area contributed by atoms with Gasteiger partial charge in [-0.2, -0.15) is 0 Å². The number of phenolic OH excluding ortho intramolecular Hbond substituents is 2. The Morgan fingerprint density at radius 3 is 2.15 bits per heavy atom. The number of Topliss-reactive ketones (excluding diaryl/α,β-unsaturated/α-hetero) is 1. The summed E-state index contributed by atoms with van der Waals surface area (Å²) in [7, 11) is 1.42. The molecule has 0 spiro atoms. The Balaban J connectivity index is 2.11. The van der Waals surface area contributed by atoms with Gasteiger partial charge in [0.2, 0.25) is 0 Å². The minimum absolute atomic E-state index is 0.113. The predicted octanol–water partition coefficient (Wildman–Crippen LogP) is 6.55. The Labute approximate surface area is 164 Å². The second kappa shape index (κ2) is 14.1. The van der Waals surface area contributed by atoms with E-state index in [0.717, 1.165) is 19.3 Å². The number of carbonyl (C=O) groups excluding carboxylic acids is 1. The van der Waals surface area contributed by atoms with E-state index in [1.807, 2.05) is 0 Å². The van der Waals surface area contributed by atoms with Crippen molar-refractivity contribution in [2.24, 2.45) is 0 Å². The van der Waals surface area contributed by atoms with Crippen molar-refractivity contribution in [1.82, 2.24) is 0 Å². The van der Waals surface area contributed by atoms with Gasteiger partial charge in [-0.05, 0) is 25.7 Å². The first kappa shape index (κ1) is 23.1. The number of methoxy groups -OCH3 is 1. The normalized spacial score (nSPS) is 11.2. The Bertz CT molecular complexity index is 578. The molecule has 0 aromatic heterocycles. The SMILES string of the molecule is CCC/C=C\CCCCCCCCCCC(=O)c1c(O)cc(O)cc1OC. The molecule has 2 N–H and O–H groups in total. The van der Waals surface area contributed by atoms with E-state index in [2.05, 4.69) is 19.1 Å². The molecule has 0 fully saturated rings. The molecule has 0 atom stereocenters. The minimum atomic E-state index is -0.221. The smallest absolute Gasteiger partial charge is 0.170 e. The largest absolute Gasteiger partial charge is 0.508 e. The highest BCUT2D eigenvalue weighted by atomic mass is 16.5. The molecular formula is C23H36O4. The molecule has 4 nitrogen and oxygen atoms in total. The van der Waals surface area contributed by atoms with Gasteiger partial charge in [0.25, 0.3) is 0 Å². The van der Waals surface area contributed by atoms with E-state index in [4.69, 9.17) is 4.74 Å². The molecule has 0 aliphatic rings. The lowest BCUT2D eigenvalue weighted by Gasteiger charge is -2.10. The maximum absolute atomic E-state index is 12.3. The fourth-order valence-corrected chi connectivity index (χ4v) is 3.16. The standard InChI is InChI=1S/C23H36O4/c1-3-4-5-6-7-8-9-10-11-12-13-14-15-16-20(25)23-21(26)17-19(24)18-22(23)27-2/h5-6,17-18,24,26H,3-4,7-16H2,1-2H3/b6-5-. The number of allylic oxidation sites excluding steroid dienone is 2. The first-order chi connectivity index (χ1) is 13.1. The Morgan fingerprint density at radius 1 is 0.926 bits per heavy atom. The van der Waals surface area contributed by atoms with Gasteiger partial charge in [-0.25, -0.2) is 0 Å². The molecule has 4 heteroatoms. The zero-order chi connectivity index (χ0) is 19.9. The van der Waals surface area contributed by atoms with Crippen molar-refractivity contribution in [3.8, 4) is 17.2 Å². The minimum Gasteiger partial charge on any atom is -0.508 e. The summed E-state index contributed by atoms with van der Waals surface area (Å²) in [5.74, 6) is -0.248. The van der Waals surface area contributed by atoms with Gasteiger partial charge in [0, 0.05) is 18.6 Å². The van der Waals surface area contributed by atoms with Crippen molar-refractivity contribution in [2.75, 3.05) is 7.11 Å². The van der Waals surface area contributed by atoms with Crippen LogP contribution in [0.4, 0.5) is 0 Å². The average Bonchev–Trinajstić information content (AvgIpc) is 2.64. The number of unbranched alkanes of at least 4 members (excludes halogenated alkanes) is 9. The molecule has 152 valence electrons. The number of ether oxygens (including phenoxy) is 1. The number of rotatable bonds is 15. The van der Waals surface area contributed by atoms with E-state index in [1.165, 1.54) is 70.6 Å². The Hall–Kier alpha value is -1.97. The summed E-state index contributed by atoms with van der Waals surface area (Å²) in [4.78, 5) is 12.3. The van der Waals surface area contributed by atoms with Gasteiger partial charge >= 0.3 is 0 Å². The summed E-state index contributed by atoms with van der Waals surface area (Å²) in [6.07, 6.45) is 17.9. The monoisotopic (exact) mass is 376 g/mol. The molecule has 1 aromatic carbocycles. The topological polar surface area (TPSA) is 66.8 Å². The summed E-state index contributed by atoms with van der Waals surface area (Å²) in [6.45, 7) is 2.20. The maximum atomic E-state index is 12.3.